The van der Waals surface area contributed by atoms with Gasteiger partial charge in [0, 0.05) is 6.04 Å². The van der Waals surface area contributed by atoms with Crippen LogP contribution >= 0.6 is 0 Å². The molecule has 106 valence electrons. The summed E-state index contributed by atoms with van der Waals surface area (Å²) < 4.78 is 51.0. The minimum Gasteiger partial charge on any atom is -0.323 e. The Balaban J connectivity index is 3.06. The third-order valence-electron chi connectivity index (χ3n) is 2.07. The number of nitrogens with zero attached hydrogens (tertiary/aromatic N) is 1. The van der Waals surface area contributed by atoms with Gasteiger partial charge >= 0.3 is 6.18 Å². The van der Waals surface area contributed by atoms with Gasteiger partial charge in [-0.2, -0.15) is 13.2 Å². The number of alkyl halides is 3. The Labute approximate surface area is 107 Å². The summed E-state index contributed by atoms with van der Waals surface area (Å²) in [7, 11) is 0. The third-order valence-corrected chi connectivity index (χ3v) is 2.07. The number of rotatable bonds is 2. The standard InChI is InChI=1S/C11H14F4N4/c1-6(2)17-10(19-16)18-9-5-7(11(13,14)15)3-4-8(9)12/h3-6H,16H2,1-2H3,(H2,17,18,19). The number of hydrogen-bond acceptors (Lipinski definition) is 2. The van der Waals surface area contributed by atoms with Gasteiger partial charge in [0.05, 0.1) is 11.3 Å². The highest BCUT2D eigenvalue weighted by atomic mass is 19.4. The van der Waals surface area contributed by atoms with Crippen LogP contribution in [0.2, 0.25) is 0 Å². The second-order valence-corrected chi connectivity index (χ2v) is 4.03. The van der Waals surface area contributed by atoms with Gasteiger partial charge in [0.15, 0.2) is 0 Å². The van der Waals surface area contributed by atoms with Crippen molar-refractivity contribution in [2.75, 3.05) is 5.32 Å². The number of aliphatic imine (C=N–C) groups is 1. The summed E-state index contributed by atoms with van der Waals surface area (Å²) in [6.07, 6.45) is -4.55. The topological polar surface area (TPSA) is 62.4 Å². The Morgan fingerprint density at radius 2 is 1.95 bits per heavy atom. The lowest BCUT2D eigenvalue weighted by atomic mass is 10.2. The van der Waals surface area contributed by atoms with Gasteiger partial charge in [0.1, 0.15) is 5.82 Å². The molecular formula is C11H14F4N4. The molecule has 1 aromatic rings. The second-order valence-electron chi connectivity index (χ2n) is 4.03. The van der Waals surface area contributed by atoms with E-state index < -0.39 is 17.6 Å². The van der Waals surface area contributed by atoms with Gasteiger partial charge in [-0.05, 0) is 32.0 Å². The second kappa shape index (κ2) is 5.87. The van der Waals surface area contributed by atoms with Gasteiger partial charge in [0.2, 0.25) is 5.96 Å². The predicted octanol–water partition coefficient (Wildman–Crippen LogP) is 2.48. The summed E-state index contributed by atoms with van der Waals surface area (Å²) in [6.45, 7) is 3.48. The maximum absolute atomic E-state index is 13.4. The van der Waals surface area contributed by atoms with E-state index >= 15 is 0 Å². The van der Waals surface area contributed by atoms with Gasteiger partial charge in [-0.1, -0.05) is 0 Å². The largest absolute Gasteiger partial charge is 0.416 e. The van der Waals surface area contributed by atoms with Crippen molar-refractivity contribution in [2.45, 2.75) is 26.1 Å². The molecule has 1 aromatic carbocycles. The van der Waals surface area contributed by atoms with Crippen LogP contribution in [-0.2, 0) is 6.18 Å². The van der Waals surface area contributed by atoms with Crippen molar-refractivity contribution in [3.8, 4) is 0 Å². The van der Waals surface area contributed by atoms with Crippen LogP contribution in [0, 0.1) is 5.82 Å². The van der Waals surface area contributed by atoms with Crippen LogP contribution in [0.4, 0.5) is 23.2 Å². The first-order valence-electron chi connectivity index (χ1n) is 5.42. The first-order chi connectivity index (χ1) is 8.74. The van der Waals surface area contributed by atoms with E-state index in [-0.39, 0.29) is 17.7 Å². The fourth-order valence-corrected chi connectivity index (χ4v) is 1.29. The molecule has 4 N–H and O–H groups in total. The Hall–Kier alpha value is -1.83. The first kappa shape index (κ1) is 15.2. The highest BCUT2D eigenvalue weighted by molar-refractivity contribution is 5.93. The zero-order valence-corrected chi connectivity index (χ0v) is 10.3. The third kappa shape index (κ3) is 4.40. The lowest BCUT2D eigenvalue weighted by Crippen LogP contribution is -2.37. The quantitative estimate of drug-likeness (QED) is 0.256. The summed E-state index contributed by atoms with van der Waals surface area (Å²) >= 11 is 0. The number of halogens is 4. The Morgan fingerprint density at radius 3 is 2.42 bits per heavy atom. The number of nitrogens with one attached hydrogen (secondary N) is 2. The molecule has 19 heavy (non-hydrogen) atoms. The molecule has 0 amide bonds. The Kier molecular flexibility index (Phi) is 4.71. The number of hydrazine groups is 1. The van der Waals surface area contributed by atoms with Crippen LogP contribution in [0.15, 0.2) is 23.2 Å². The van der Waals surface area contributed by atoms with Gasteiger partial charge in [-0.15, -0.1) is 0 Å². The van der Waals surface area contributed by atoms with E-state index in [4.69, 9.17) is 5.84 Å². The molecule has 0 atom stereocenters. The molecule has 0 aliphatic rings. The molecule has 0 spiro atoms. The van der Waals surface area contributed by atoms with E-state index in [1.54, 1.807) is 13.8 Å². The van der Waals surface area contributed by atoms with Crippen molar-refractivity contribution in [1.82, 2.24) is 5.43 Å². The van der Waals surface area contributed by atoms with Crippen LogP contribution < -0.4 is 16.6 Å². The smallest absolute Gasteiger partial charge is 0.323 e. The molecule has 0 unspecified atom stereocenters. The summed E-state index contributed by atoms with van der Waals surface area (Å²) in [6, 6.07) is 1.89. The van der Waals surface area contributed by atoms with E-state index in [2.05, 4.69) is 15.7 Å². The van der Waals surface area contributed by atoms with Crippen LogP contribution in [0.1, 0.15) is 19.4 Å². The molecule has 4 nitrogen and oxygen atoms in total. The highest BCUT2D eigenvalue weighted by Gasteiger charge is 2.31. The summed E-state index contributed by atoms with van der Waals surface area (Å²) in [5, 5.41) is 2.38. The summed E-state index contributed by atoms with van der Waals surface area (Å²) in [4.78, 5) is 3.95. The molecule has 0 aliphatic heterocycles. The van der Waals surface area contributed by atoms with E-state index in [0.29, 0.717) is 12.1 Å². The van der Waals surface area contributed by atoms with Crippen molar-refractivity contribution in [1.29, 1.82) is 0 Å². The van der Waals surface area contributed by atoms with Gasteiger partial charge < -0.3 is 5.32 Å². The number of hydrogen-bond donors (Lipinski definition) is 3. The fraction of sp³-hybridized carbons (Fsp3) is 0.364. The Morgan fingerprint density at radius 1 is 1.32 bits per heavy atom. The van der Waals surface area contributed by atoms with Crippen LogP contribution in [0.3, 0.4) is 0 Å². The number of nitrogens with two attached hydrogens (primary N) is 1. The lowest BCUT2D eigenvalue weighted by molar-refractivity contribution is -0.137. The molecule has 1 rings (SSSR count). The molecule has 8 heteroatoms. The SMILES string of the molecule is CC(C)N=C(NN)Nc1cc(C(F)(F)F)ccc1F. The van der Waals surface area contributed by atoms with Crippen molar-refractivity contribution < 1.29 is 17.6 Å². The predicted molar refractivity (Wildman–Crippen MR) is 64.9 cm³/mol. The van der Waals surface area contributed by atoms with Crippen molar-refractivity contribution >= 4 is 11.6 Å². The molecule has 0 fully saturated rings. The highest BCUT2D eigenvalue weighted by Crippen LogP contribution is 2.31. The van der Waals surface area contributed by atoms with E-state index in [1.165, 1.54) is 0 Å². The van der Waals surface area contributed by atoms with Crippen molar-refractivity contribution in [3.05, 3.63) is 29.6 Å². The van der Waals surface area contributed by atoms with Gasteiger partial charge in [0.25, 0.3) is 0 Å². The summed E-state index contributed by atoms with van der Waals surface area (Å²) in [5.41, 5.74) is 0.843. The molecule has 0 aliphatic carbocycles. The van der Waals surface area contributed by atoms with Crippen molar-refractivity contribution in [3.63, 3.8) is 0 Å². The maximum Gasteiger partial charge on any atom is 0.416 e. The molecular weight excluding hydrogens is 264 g/mol. The van der Waals surface area contributed by atoms with E-state index in [0.717, 1.165) is 6.07 Å². The molecule has 0 aromatic heterocycles. The minimum atomic E-state index is -4.55. The maximum atomic E-state index is 13.4. The molecule has 0 heterocycles. The molecule has 0 saturated carbocycles. The number of benzene rings is 1. The van der Waals surface area contributed by atoms with Crippen molar-refractivity contribution in [2.24, 2.45) is 10.8 Å². The van der Waals surface area contributed by atoms with Crippen LogP contribution in [0.25, 0.3) is 0 Å². The summed E-state index contributed by atoms with van der Waals surface area (Å²) in [5.74, 6) is 4.30. The average Bonchev–Trinajstić information content (AvgIpc) is 2.28. The van der Waals surface area contributed by atoms with E-state index in [1.807, 2.05) is 0 Å². The molecule has 0 radical (unpaired) electrons. The van der Waals surface area contributed by atoms with Gasteiger partial charge in [-0.25, -0.2) is 15.2 Å². The fourth-order valence-electron chi connectivity index (χ4n) is 1.29. The average molecular weight is 278 g/mol. The normalized spacial score (nSPS) is 12.7. The van der Waals surface area contributed by atoms with Gasteiger partial charge in [-0.3, -0.25) is 5.43 Å². The Bertz CT molecular complexity index is 468. The molecule has 0 bridgehead atoms. The van der Waals surface area contributed by atoms with Crippen LogP contribution in [-0.4, -0.2) is 12.0 Å². The number of guanidine groups is 1. The first-order valence-corrected chi connectivity index (χ1v) is 5.42. The number of anilines is 1. The minimum absolute atomic E-state index is 0.0202. The zero-order valence-electron chi connectivity index (χ0n) is 10.3. The molecule has 0 saturated heterocycles. The van der Waals surface area contributed by atoms with E-state index in [9.17, 15) is 17.6 Å². The van der Waals surface area contributed by atoms with Crippen LogP contribution in [0.5, 0.6) is 0 Å². The zero-order chi connectivity index (χ0) is 14.6. The monoisotopic (exact) mass is 278 g/mol. The lowest BCUT2D eigenvalue weighted by Gasteiger charge is -2.13.